The molecule has 2 aromatic carbocycles. The molecule has 3 rings (SSSR count). The van der Waals surface area contributed by atoms with Crippen LogP contribution in [0.5, 0.6) is 0 Å². The van der Waals surface area contributed by atoms with Crippen LogP contribution >= 0.6 is 11.6 Å². The molecule has 0 bridgehead atoms. The molecule has 3 aromatic rings. The molecular weight excluding hydrogens is 397 g/mol. The second-order valence-electron chi connectivity index (χ2n) is 6.45. The van der Waals surface area contributed by atoms with Crippen LogP contribution in [0.25, 0.3) is 5.69 Å². The Balaban J connectivity index is 1.74. The van der Waals surface area contributed by atoms with E-state index in [-0.39, 0.29) is 10.7 Å². The van der Waals surface area contributed by atoms with Gasteiger partial charge in [0.05, 0.1) is 27.8 Å². The highest BCUT2D eigenvalue weighted by atomic mass is 35.5. The van der Waals surface area contributed by atoms with Gasteiger partial charge in [0.2, 0.25) is 0 Å². The molecule has 8 heteroatoms. The number of nitrogens with one attached hydrogen (secondary N) is 1. The predicted molar refractivity (Wildman–Crippen MR) is 108 cm³/mol. The Hall–Kier alpha value is -3.19. The van der Waals surface area contributed by atoms with Gasteiger partial charge in [-0.15, -0.1) is 0 Å². The van der Waals surface area contributed by atoms with E-state index in [1.165, 1.54) is 19.1 Å². The molecule has 0 radical (unpaired) electrons. The highest BCUT2D eigenvalue weighted by molar-refractivity contribution is 6.33. The summed E-state index contributed by atoms with van der Waals surface area (Å²) in [5.74, 6) is -1.76. The zero-order valence-electron chi connectivity index (χ0n) is 16.1. The third-order valence-corrected chi connectivity index (χ3v) is 4.65. The van der Waals surface area contributed by atoms with Crippen molar-refractivity contribution in [1.29, 1.82) is 0 Å². The van der Waals surface area contributed by atoms with E-state index in [9.17, 15) is 14.0 Å². The average molecular weight is 416 g/mol. The highest BCUT2D eigenvalue weighted by Crippen LogP contribution is 2.23. The minimum atomic E-state index is -1.09. The summed E-state index contributed by atoms with van der Waals surface area (Å²) in [7, 11) is 0. The fraction of sp³-hybridized carbons (Fsp3) is 0.190. The molecule has 0 aliphatic heterocycles. The second kappa shape index (κ2) is 8.45. The maximum Gasteiger partial charge on any atom is 0.342 e. The zero-order chi connectivity index (χ0) is 21.1. The van der Waals surface area contributed by atoms with Gasteiger partial charge in [0.15, 0.2) is 6.10 Å². The minimum Gasteiger partial charge on any atom is -0.449 e. The third kappa shape index (κ3) is 4.46. The summed E-state index contributed by atoms with van der Waals surface area (Å²) < 4.78 is 20.1. The van der Waals surface area contributed by atoms with Crippen molar-refractivity contribution in [2.75, 3.05) is 5.32 Å². The van der Waals surface area contributed by atoms with Gasteiger partial charge >= 0.3 is 5.97 Å². The van der Waals surface area contributed by atoms with Gasteiger partial charge in [0.1, 0.15) is 11.4 Å². The lowest BCUT2D eigenvalue weighted by Crippen LogP contribution is -2.30. The van der Waals surface area contributed by atoms with Gasteiger partial charge in [-0.25, -0.2) is 13.9 Å². The molecule has 1 amide bonds. The molecule has 150 valence electrons. The van der Waals surface area contributed by atoms with Crippen molar-refractivity contribution < 1.29 is 18.7 Å². The number of amides is 1. The minimum absolute atomic E-state index is 0.0488. The Morgan fingerprint density at radius 2 is 1.86 bits per heavy atom. The number of ether oxygens (including phenoxy) is 1. The molecule has 0 spiro atoms. The van der Waals surface area contributed by atoms with E-state index in [0.717, 1.165) is 11.8 Å². The number of nitrogens with zero attached hydrogens (tertiary/aromatic N) is 2. The fourth-order valence-corrected chi connectivity index (χ4v) is 3.07. The van der Waals surface area contributed by atoms with Crippen LogP contribution in [-0.4, -0.2) is 27.8 Å². The van der Waals surface area contributed by atoms with Gasteiger partial charge in [-0.3, -0.25) is 4.79 Å². The van der Waals surface area contributed by atoms with Crippen molar-refractivity contribution in [2.24, 2.45) is 0 Å². The number of carbonyl (C=O) groups is 2. The molecule has 0 saturated carbocycles. The standard InChI is InChI=1S/C21H19ClFN3O3/c1-12-19(13(2)26(25-12)16-7-5-4-6-8-16)21(28)29-14(3)20(27)24-18-10-9-15(23)11-17(18)22/h4-11,14H,1-3H3,(H,24,27)/t14-/m1/s1. The lowest BCUT2D eigenvalue weighted by Gasteiger charge is -2.14. The van der Waals surface area contributed by atoms with E-state index >= 15 is 0 Å². The Morgan fingerprint density at radius 3 is 2.52 bits per heavy atom. The number of aryl methyl sites for hydroxylation is 1. The summed E-state index contributed by atoms with van der Waals surface area (Å²) in [6, 6.07) is 13.0. The molecule has 6 nitrogen and oxygen atoms in total. The molecule has 0 fully saturated rings. The van der Waals surface area contributed by atoms with Crippen LogP contribution in [0.4, 0.5) is 10.1 Å². The molecule has 29 heavy (non-hydrogen) atoms. The van der Waals surface area contributed by atoms with Crippen molar-refractivity contribution in [1.82, 2.24) is 9.78 Å². The van der Waals surface area contributed by atoms with Crippen LogP contribution in [0.1, 0.15) is 28.7 Å². The van der Waals surface area contributed by atoms with Crippen molar-refractivity contribution >= 4 is 29.2 Å². The predicted octanol–water partition coefficient (Wildman–Crippen LogP) is 4.47. The number of para-hydroxylation sites is 1. The van der Waals surface area contributed by atoms with Crippen molar-refractivity contribution in [3.8, 4) is 5.69 Å². The number of hydrogen-bond donors (Lipinski definition) is 1. The van der Waals surface area contributed by atoms with Gasteiger partial charge in [-0.2, -0.15) is 5.10 Å². The van der Waals surface area contributed by atoms with Crippen LogP contribution in [-0.2, 0) is 9.53 Å². The Kier molecular flexibility index (Phi) is 5.98. The van der Waals surface area contributed by atoms with Crippen LogP contribution in [0.2, 0.25) is 5.02 Å². The highest BCUT2D eigenvalue weighted by Gasteiger charge is 2.25. The van der Waals surface area contributed by atoms with Crippen molar-refractivity contribution in [2.45, 2.75) is 26.9 Å². The number of esters is 1. The van der Waals surface area contributed by atoms with Crippen molar-refractivity contribution in [3.05, 3.63) is 76.3 Å². The summed E-state index contributed by atoms with van der Waals surface area (Å²) in [5.41, 5.74) is 2.43. The van der Waals surface area contributed by atoms with Gasteiger partial charge in [0, 0.05) is 0 Å². The summed E-state index contributed by atoms with van der Waals surface area (Å²) in [6.45, 7) is 4.90. The van der Waals surface area contributed by atoms with Crippen LogP contribution in [0.3, 0.4) is 0 Å². The molecule has 0 aliphatic carbocycles. The quantitative estimate of drug-likeness (QED) is 0.624. The van der Waals surface area contributed by atoms with E-state index in [1.807, 2.05) is 30.3 Å². The van der Waals surface area contributed by atoms with E-state index in [1.54, 1.807) is 18.5 Å². The molecule has 1 heterocycles. The van der Waals surface area contributed by atoms with Crippen LogP contribution in [0, 0.1) is 19.7 Å². The van der Waals surface area contributed by atoms with E-state index in [4.69, 9.17) is 16.3 Å². The molecule has 0 aliphatic rings. The largest absolute Gasteiger partial charge is 0.449 e. The lowest BCUT2D eigenvalue weighted by molar-refractivity contribution is -0.123. The van der Waals surface area contributed by atoms with E-state index < -0.39 is 23.8 Å². The zero-order valence-corrected chi connectivity index (χ0v) is 16.8. The summed E-state index contributed by atoms with van der Waals surface area (Å²) in [6.07, 6.45) is -1.09. The summed E-state index contributed by atoms with van der Waals surface area (Å²) in [4.78, 5) is 25.0. The number of rotatable bonds is 5. The first-order chi connectivity index (χ1) is 13.8. The van der Waals surface area contributed by atoms with Crippen LogP contribution in [0.15, 0.2) is 48.5 Å². The van der Waals surface area contributed by atoms with E-state index in [2.05, 4.69) is 10.4 Å². The maximum atomic E-state index is 13.1. The molecule has 1 aromatic heterocycles. The number of hydrogen-bond acceptors (Lipinski definition) is 4. The third-order valence-electron chi connectivity index (χ3n) is 4.34. The average Bonchev–Trinajstić information content (AvgIpc) is 2.98. The number of anilines is 1. The molecule has 1 N–H and O–H groups in total. The molecule has 0 unspecified atom stereocenters. The first-order valence-corrected chi connectivity index (χ1v) is 9.24. The Morgan fingerprint density at radius 1 is 1.17 bits per heavy atom. The second-order valence-corrected chi connectivity index (χ2v) is 6.86. The van der Waals surface area contributed by atoms with Gasteiger partial charge in [-0.1, -0.05) is 29.8 Å². The number of halogens is 2. The number of benzene rings is 2. The molecule has 0 saturated heterocycles. The van der Waals surface area contributed by atoms with Gasteiger partial charge in [-0.05, 0) is 51.1 Å². The summed E-state index contributed by atoms with van der Waals surface area (Å²) in [5, 5.41) is 6.97. The fourth-order valence-electron chi connectivity index (χ4n) is 2.86. The molecule has 1 atom stereocenters. The first kappa shape index (κ1) is 20.5. The topological polar surface area (TPSA) is 73.2 Å². The monoisotopic (exact) mass is 415 g/mol. The Labute approximate surface area is 172 Å². The first-order valence-electron chi connectivity index (χ1n) is 8.86. The smallest absolute Gasteiger partial charge is 0.342 e. The van der Waals surface area contributed by atoms with E-state index in [0.29, 0.717) is 17.0 Å². The number of carbonyl (C=O) groups excluding carboxylic acids is 2. The number of aromatic nitrogens is 2. The van der Waals surface area contributed by atoms with Gasteiger partial charge < -0.3 is 10.1 Å². The Bertz CT molecular complexity index is 1070. The SMILES string of the molecule is Cc1nn(-c2ccccc2)c(C)c1C(=O)O[C@H](C)C(=O)Nc1ccc(F)cc1Cl. The normalized spacial score (nSPS) is 11.8. The van der Waals surface area contributed by atoms with Crippen LogP contribution < -0.4 is 5.32 Å². The molecular formula is C21H19ClFN3O3. The lowest BCUT2D eigenvalue weighted by atomic mass is 10.2. The maximum absolute atomic E-state index is 13.1. The summed E-state index contributed by atoms with van der Waals surface area (Å²) >= 11 is 5.91. The van der Waals surface area contributed by atoms with Crippen molar-refractivity contribution in [3.63, 3.8) is 0 Å². The van der Waals surface area contributed by atoms with Gasteiger partial charge in [0.25, 0.3) is 5.91 Å².